The molecule has 4 nitrogen and oxygen atoms in total. The molecule has 2 aromatic carbocycles. The van der Waals surface area contributed by atoms with Crippen LogP contribution in [0.1, 0.15) is 22.3 Å². The minimum atomic E-state index is -1.19. The Bertz CT molecular complexity index is 1120. The van der Waals surface area contributed by atoms with Gasteiger partial charge in [-0.15, -0.1) is 0 Å². The minimum absolute atomic E-state index is 0.140. The topological polar surface area (TPSA) is 45.3 Å². The molecule has 29 heavy (non-hydrogen) atoms. The van der Waals surface area contributed by atoms with Crippen molar-refractivity contribution in [2.24, 2.45) is 0 Å². The highest BCUT2D eigenvalue weighted by molar-refractivity contribution is 6.76. The van der Waals surface area contributed by atoms with Crippen molar-refractivity contribution in [3.05, 3.63) is 52.7 Å². The van der Waals surface area contributed by atoms with Gasteiger partial charge in [-0.05, 0) is 54.3 Å². The first-order valence-electron chi connectivity index (χ1n) is 10.3. The highest BCUT2D eigenvalue weighted by atomic mass is 28.3. The van der Waals surface area contributed by atoms with E-state index < -0.39 is 8.07 Å². The third kappa shape index (κ3) is 3.84. The van der Waals surface area contributed by atoms with Gasteiger partial charge in [0.1, 0.15) is 6.54 Å². The molecule has 0 saturated carbocycles. The lowest BCUT2D eigenvalue weighted by Crippen LogP contribution is -2.30. The summed E-state index contributed by atoms with van der Waals surface area (Å²) in [6.07, 6.45) is 4.17. The molecule has 1 aliphatic rings. The number of aryl methyl sites for hydroxylation is 2. The molecular weight excluding hydrogens is 376 g/mol. The van der Waals surface area contributed by atoms with Gasteiger partial charge in [-0.2, -0.15) is 0 Å². The van der Waals surface area contributed by atoms with Crippen LogP contribution in [0.3, 0.4) is 0 Å². The maximum absolute atomic E-state index is 12.3. The van der Waals surface area contributed by atoms with Gasteiger partial charge >= 0.3 is 5.97 Å². The molecule has 2 heterocycles. The van der Waals surface area contributed by atoms with E-state index in [0.29, 0.717) is 13.2 Å². The number of nitrogens with one attached hydrogen (secondary N) is 1. The van der Waals surface area contributed by atoms with Crippen LogP contribution in [0, 0.1) is 13.8 Å². The minimum Gasteiger partial charge on any atom is -0.465 e. The second kappa shape index (κ2) is 7.37. The number of nitrogens with zero attached hydrogens (tertiary/aromatic N) is 1. The summed E-state index contributed by atoms with van der Waals surface area (Å²) in [6, 6.07) is 9.48. The predicted octanol–water partition coefficient (Wildman–Crippen LogP) is 5.61. The summed E-state index contributed by atoms with van der Waals surface area (Å²) in [6.45, 7) is 12.8. The molecule has 152 valence electrons. The molecule has 5 heteroatoms. The first-order valence-corrected chi connectivity index (χ1v) is 14.1. The largest absolute Gasteiger partial charge is 0.465 e. The number of hydrogen-bond acceptors (Lipinski definition) is 3. The summed E-state index contributed by atoms with van der Waals surface area (Å²) in [7, 11) is -1.19. The summed E-state index contributed by atoms with van der Waals surface area (Å²) in [5.41, 5.74) is 7.51. The molecule has 0 aliphatic carbocycles. The second-order valence-corrected chi connectivity index (χ2v) is 14.9. The van der Waals surface area contributed by atoms with E-state index in [9.17, 15) is 4.79 Å². The molecule has 4 rings (SSSR count). The van der Waals surface area contributed by atoms with E-state index in [0.717, 1.165) is 12.6 Å². The molecule has 1 aliphatic heterocycles. The van der Waals surface area contributed by atoms with Crippen molar-refractivity contribution in [3.8, 4) is 0 Å². The van der Waals surface area contributed by atoms with Crippen molar-refractivity contribution in [2.45, 2.75) is 46.1 Å². The van der Waals surface area contributed by atoms with Crippen LogP contribution in [0.5, 0.6) is 0 Å². The van der Waals surface area contributed by atoms with Gasteiger partial charge in [0, 0.05) is 37.1 Å². The highest BCUT2D eigenvalue weighted by Crippen LogP contribution is 2.37. The number of ether oxygens (including phenoxy) is 1. The van der Waals surface area contributed by atoms with Crippen LogP contribution < -0.4 is 0 Å². The van der Waals surface area contributed by atoms with E-state index in [-0.39, 0.29) is 5.97 Å². The van der Waals surface area contributed by atoms with E-state index in [1.165, 1.54) is 44.1 Å². The van der Waals surface area contributed by atoms with Gasteiger partial charge < -0.3 is 14.6 Å². The smallest absolute Gasteiger partial charge is 0.325 e. The monoisotopic (exact) mass is 406 g/mol. The van der Waals surface area contributed by atoms with Gasteiger partial charge in [-0.3, -0.25) is 4.79 Å². The molecule has 0 saturated heterocycles. The number of fused-ring (bicyclic) bond motifs is 4. The van der Waals surface area contributed by atoms with Crippen molar-refractivity contribution in [1.82, 2.24) is 9.88 Å². The van der Waals surface area contributed by atoms with Crippen LogP contribution in [0.15, 0.2) is 30.5 Å². The van der Waals surface area contributed by atoms with Crippen LogP contribution in [0.4, 0.5) is 0 Å². The summed E-state index contributed by atoms with van der Waals surface area (Å²) in [4.78, 5) is 18.0. The Morgan fingerprint density at radius 1 is 1.17 bits per heavy atom. The number of rotatable bonds is 5. The fraction of sp³-hybridized carbons (Fsp3) is 0.375. The molecule has 0 fully saturated rings. The Kier molecular flexibility index (Phi) is 5.03. The maximum atomic E-state index is 12.3. The molecule has 0 amide bonds. The number of carbonyl (C=O) groups excluding carboxylic acids is 1. The summed E-state index contributed by atoms with van der Waals surface area (Å²) in [5.74, 6) is -0.140. The van der Waals surface area contributed by atoms with Crippen LogP contribution in [0.2, 0.25) is 25.7 Å². The van der Waals surface area contributed by atoms with Crippen molar-refractivity contribution in [3.63, 3.8) is 0 Å². The van der Waals surface area contributed by atoms with Gasteiger partial charge in [0.2, 0.25) is 0 Å². The van der Waals surface area contributed by atoms with E-state index in [1.807, 2.05) is 6.20 Å². The van der Waals surface area contributed by atoms with Crippen LogP contribution in [-0.2, 0) is 16.1 Å². The fourth-order valence-electron chi connectivity index (χ4n) is 4.18. The lowest BCUT2D eigenvalue weighted by Gasteiger charge is -2.27. The van der Waals surface area contributed by atoms with E-state index in [2.05, 4.69) is 73.7 Å². The number of esters is 1. The predicted molar refractivity (Wildman–Crippen MR) is 124 cm³/mol. The second-order valence-electron chi connectivity index (χ2n) is 9.31. The average Bonchev–Trinajstić information content (AvgIpc) is 3.05. The normalized spacial score (nSPS) is 13.9. The van der Waals surface area contributed by atoms with E-state index in [1.54, 1.807) is 0 Å². The number of aromatic nitrogens is 1. The van der Waals surface area contributed by atoms with Crippen molar-refractivity contribution >= 4 is 41.9 Å². The molecule has 0 spiro atoms. The van der Waals surface area contributed by atoms with Gasteiger partial charge in [0.05, 0.1) is 12.1 Å². The van der Waals surface area contributed by atoms with Crippen LogP contribution in [0.25, 0.3) is 27.9 Å². The van der Waals surface area contributed by atoms with Gasteiger partial charge in [-0.1, -0.05) is 37.8 Å². The van der Waals surface area contributed by atoms with Crippen LogP contribution in [-0.4, -0.2) is 37.1 Å². The number of H-pyrrole nitrogens is 1. The Balaban J connectivity index is 1.59. The zero-order valence-corrected chi connectivity index (χ0v) is 19.1. The standard InChI is InChI=1S/C24H30N2O2Si/c1-16-20-14-26(15-22(27)28-12-13-29(3,4)5)11-10-18(20)17(2)24-23(16)19-8-6-7-9-21(19)25-24/h6-11,25H,12-15H2,1-5H3. The van der Waals surface area contributed by atoms with Crippen LogP contribution >= 0.6 is 0 Å². The Hall–Kier alpha value is -2.53. The van der Waals surface area contributed by atoms with E-state index in [4.69, 9.17) is 4.74 Å². The fourth-order valence-corrected chi connectivity index (χ4v) is 4.90. The lowest BCUT2D eigenvalue weighted by molar-refractivity contribution is -0.143. The van der Waals surface area contributed by atoms with Crippen molar-refractivity contribution in [1.29, 1.82) is 0 Å². The zero-order chi connectivity index (χ0) is 20.8. The SMILES string of the molecule is Cc1c2c(c(C)c3c1[nH]c1ccccc13)CN(CC(=O)OCC[Si](C)(C)C)C=C2. The maximum Gasteiger partial charge on any atom is 0.325 e. The van der Waals surface area contributed by atoms with E-state index >= 15 is 0 Å². The number of para-hydroxylation sites is 1. The van der Waals surface area contributed by atoms with Gasteiger partial charge in [-0.25, -0.2) is 0 Å². The Morgan fingerprint density at radius 2 is 1.93 bits per heavy atom. The molecule has 0 atom stereocenters. The molecule has 3 aromatic rings. The number of carbonyl (C=O) groups is 1. The first-order chi connectivity index (χ1) is 13.7. The summed E-state index contributed by atoms with van der Waals surface area (Å²) < 4.78 is 5.49. The quantitative estimate of drug-likeness (QED) is 0.443. The molecule has 1 N–H and O–H groups in total. The van der Waals surface area contributed by atoms with Crippen molar-refractivity contribution in [2.75, 3.05) is 13.2 Å². The zero-order valence-electron chi connectivity index (χ0n) is 18.1. The molecule has 0 unspecified atom stereocenters. The average molecular weight is 407 g/mol. The Labute approximate surface area is 173 Å². The molecule has 0 bridgehead atoms. The first kappa shape index (κ1) is 19.8. The summed E-state index contributed by atoms with van der Waals surface area (Å²) >= 11 is 0. The lowest BCUT2D eigenvalue weighted by atomic mass is 9.90. The third-order valence-corrected chi connectivity index (χ3v) is 7.60. The molecular formula is C24H30N2O2Si. The number of aromatic amines is 1. The van der Waals surface area contributed by atoms with Crippen molar-refractivity contribution < 1.29 is 9.53 Å². The summed E-state index contributed by atoms with van der Waals surface area (Å²) in [5, 5.41) is 2.56. The molecule has 0 radical (unpaired) electrons. The number of hydrogen-bond donors (Lipinski definition) is 1. The number of benzene rings is 2. The third-order valence-electron chi connectivity index (χ3n) is 5.90. The van der Waals surface area contributed by atoms with Gasteiger partial charge in [0.15, 0.2) is 0 Å². The highest BCUT2D eigenvalue weighted by Gasteiger charge is 2.22. The Morgan fingerprint density at radius 3 is 2.69 bits per heavy atom. The molecule has 1 aromatic heterocycles. The van der Waals surface area contributed by atoms with Gasteiger partial charge in [0.25, 0.3) is 0 Å².